The maximum Gasteiger partial charge on any atom is 0.239 e. The van der Waals surface area contributed by atoms with Crippen molar-refractivity contribution in [2.75, 3.05) is 44.5 Å². The summed E-state index contributed by atoms with van der Waals surface area (Å²) < 4.78 is 4.85. The Kier molecular flexibility index (Phi) is 5.31. The summed E-state index contributed by atoms with van der Waals surface area (Å²) in [4.78, 5) is 21.5. The third kappa shape index (κ3) is 4.54. The van der Waals surface area contributed by atoms with Gasteiger partial charge in [-0.1, -0.05) is 0 Å². The zero-order valence-electron chi connectivity index (χ0n) is 10.9. The predicted molar refractivity (Wildman–Crippen MR) is 69.3 cm³/mol. The number of ether oxygens (including phenoxy) is 1. The number of aromatic nitrogens is 2. The highest BCUT2D eigenvalue weighted by molar-refractivity contribution is 5.80. The number of rotatable bonds is 6. The minimum Gasteiger partial charge on any atom is -0.384 e. The molecule has 0 radical (unpaired) electrons. The van der Waals surface area contributed by atoms with Crippen LogP contribution in [0.4, 0.5) is 11.6 Å². The van der Waals surface area contributed by atoms with Crippen LogP contribution in [0.2, 0.25) is 0 Å². The van der Waals surface area contributed by atoms with Crippen LogP contribution in [-0.2, 0) is 9.53 Å². The maximum absolute atomic E-state index is 11.6. The molecule has 1 heterocycles. The van der Waals surface area contributed by atoms with E-state index in [-0.39, 0.29) is 12.5 Å². The highest BCUT2D eigenvalue weighted by atomic mass is 16.5. The number of nitrogen functional groups attached to an aromatic ring is 1. The molecule has 18 heavy (non-hydrogen) atoms. The van der Waals surface area contributed by atoms with Crippen molar-refractivity contribution in [2.24, 2.45) is 0 Å². The monoisotopic (exact) mass is 253 g/mol. The largest absolute Gasteiger partial charge is 0.384 e. The van der Waals surface area contributed by atoms with Crippen molar-refractivity contribution in [3.05, 3.63) is 11.9 Å². The van der Waals surface area contributed by atoms with Gasteiger partial charge >= 0.3 is 0 Å². The molecule has 0 saturated heterocycles. The minimum atomic E-state index is -0.0932. The molecule has 0 aromatic carbocycles. The molecule has 0 aliphatic heterocycles. The average Bonchev–Trinajstić information content (AvgIpc) is 2.28. The highest BCUT2D eigenvalue weighted by Crippen LogP contribution is 2.11. The van der Waals surface area contributed by atoms with E-state index < -0.39 is 0 Å². The molecule has 3 N–H and O–H groups in total. The molecule has 0 aliphatic rings. The Labute approximate surface area is 106 Å². The first-order valence-electron chi connectivity index (χ1n) is 5.61. The van der Waals surface area contributed by atoms with Gasteiger partial charge in [0.05, 0.1) is 13.2 Å². The van der Waals surface area contributed by atoms with Crippen LogP contribution < -0.4 is 16.0 Å². The fraction of sp³-hybridized carbons (Fsp3) is 0.545. The van der Waals surface area contributed by atoms with Crippen molar-refractivity contribution in [1.82, 2.24) is 15.3 Å². The first-order valence-corrected chi connectivity index (χ1v) is 5.61. The lowest BCUT2D eigenvalue weighted by Crippen LogP contribution is -2.37. The van der Waals surface area contributed by atoms with Gasteiger partial charge in [-0.3, -0.25) is 4.79 Å². The van der Waals surface area contributed by atoms with Gasteiger partial charge in [-0.05, 0) is 6.92 Å². The molecule has 7 heteroatoms. The van der Waals surface area contributed by atoms with E-state index in [0.717, 1.165) is 0 Å². The van der Waals surface area contributed by atoms with E-state index in [2.05, 4.69) is 15.3 Å². The number of hydrogen-bond acceptors (Lipinski definition) is 6. The summed E-state index contributed by atoms with van der Waals surface area (Å²) in [5, 5.41) is 2.73. The smallest absolute Gasteiger partial charge is 0.239 e. The van der Waals surface area contributed by atoms with Crippen molar-refractivity contribution in [3.8, 4) is 0 Å². The van der Waals surface area contributed by atoms with Crippen LogP contribution >= 0.6 is 0 Å². The number of nitrogens with two attached hydrogens (primary N) is 1. The second-order valence-corrected chi connectivity index (χ2v) is 3.90. The molecular weight excluding hydrogens is 234 g/mol. The Morgan fingerprint density at radius 1 is 1.56 bits per heavy atom. The number of nitrogens with zero attached hydrogens (tertiary/aromatic N) is 3. The molecule has 7 nitrogen and oxygen atoms in total. The molecule has 0 spiro atoms. The topological polar surface area (TPSA) is 93.4 Å². The van der Waals surface area contributed by atoms with Crippen molar-refractivity contribution in [2.45, 2.75) is 6.92 Å². The average molecular weight is 253 g/mol. The van der Waals surface area contributed by atoms with Crippen molar-refractivity contribution >= 4 is 17.5 Å². The molecule has 1 rings (SSSR count). The molecule has 0 saturated carbocycles. The lowest BCUT2D eigenvalue weighted by Gasteiger charge is -2.18. The number of aryl methyl sites for hydroxylation is 1. The van der Waals surface area contributed by atoms with E-state index in [1.165, 1.54) is 0 Å². The van der Waals surface area contributed by atoms with Crippen molar-refractivity contribution in [1.29, 1.82) is 0 Å². The summed E-state index contributed by atoms with van der Waals surface area (Å²) in [5.74, 6) is 1.51. The zero-order chi connectivity index (χ0) is 13.5. The molecule has 1 aromatic rings. The second kappa shape index (κ2) is 6.75. The number of hydrogen-bond donors (Lipinski definition) is 2. The zero-order valence-corrected chi connectivity index (χ0v) is 10.9. The molecule has 0 bridgehead atoms. The summed E-state index contributed by atoms with van der Waals surface area (Å²) >= 11 is 0. The van der Waals surface area contributed by atoms with Gasteiger partial charge in [0, 0.05) is 26.8 Å². The van der Waals surface area contributed by atoms with E-state index in [1.54, 1.807) is 32.0 Å². The van der Waals surface area contributed by atoms with Gasteiger partial charge in [0.1, 0.15) is 17.5 Å². The summed E-state index contributed by atoms with van der Waals surface area (Å²) in [5.41, 5.74) is 5.63. The third-order valence-electron chi connectivity index (χ3n) is 2.24. The number of carbonyl (C=O) groups is 1. The lowest BCUT2D eigenvalue weighted by molar-refractivity contribution is -0.119. The number of anilines is 2. The van der Waals surface area contributed by atoms with Crippen molar-refractivity contribution < 1.29 is 9.53 Å². The van der Waals surface area contributed by atoms with E-state index in [9.17, 15) is 4.79 Å². The molecule has 0 aliphatic carbocycles. The van der Waals surface area contributed by atoms with Gasteiger partial charge in [0.2, 0.25) is 5.91 Å². The fourth-order valence-electron chi connectivity index (χ4n) is 1.41. The Balaban J connectivity index is 2.53. The number of carbonyl (C=O) groups excluding carboxylic acids is 1. The van der Waals surface area contributed by atoms with Gasteiger partial charge in [-0.2, -0.15) is 0 Å². The lowest BCUT2D eigenvalue weighted by atomic mass is 10.4. The molecule has 0 atom stereocenters. The van der Waals surface area contributed by atoms with Gasteiger partial charge in [0.25, 0.3) is 0 Å². The number of amides is 1. The van der Waals surface area contributed by atoms with E-state index >= 15 is 0 Å². The van der Waals surface area contributed by atoms with Crippen LogP contribution in [0.5, 0.6) is 0 Å². The Morgan fingerprint density at radius 2 is 2.28 bits per heavy atom. The predicted octanol–water partition coefficient (Wildman–Crippen LogP) is -0.434. The Hall–Kier alpha value is -1.89. The van der Waals surface area contributed by atoms with Crippen LogP contribution in [-0.4, -0.2) is 49.7 Å². The third-order valence-corrected chi connectivity index (χ3v) is 2.24. The normalized spacial score (nSPS) is 10.2. The Morgan fingerprint density at radius 3 is 2.89 bits per heavy atom. The van der Waals surface area contributed by atoms with Crippen LogP contribution in [0.25, 0.3) is 0 Å². The van der Waals surface area contributed by atoms with E-state index in [4.69, 9.17) is 10.5 Å². The molecule has 0 unspecified atom stereocenters. The first-order chi connectivity index (χ1) is 8.52. The molecule has 1 aromatic heterocycles. The molecule has 1 amide bonds. The number of methoxy groups -OCH3 is 1. The van der Waals surface area contributed by atoms with Crippen LogP contribution in [0.15, 0.2) is 6.07 Å². The van der Waals surface area contributed by atoms with Gasteiger partial charge < -0.3 is 20.7 Å². The second-order valence-electron chi connectivity index (χ2n) is 3.90. The van der Waals surface area contributed by atoms with Gasteiger partial charge in [0.15, 0.2) is 0 Å². The van der Waals surface area contributed by atoms with E-state index in [1.807, 2.05) is 0 Å². The van der Waals surface area contributed by atoms with Gasteiger partial charge in [-0.15, -0.1) is 0 Å². The minimum absolute atomic E-state index is 0.0932. The quantitative estimate of drug-likeness (QED) is 0.668. The van der Waals surface area contributed by atoms with Gasteiger partial charge in [-0.25, -0.2) is 9.97 Å². The Bertz CT molecular complexity index is 390. The molecular formula is C11H19N5O2. The summed E-state index contributed by atoms with van der Waals surface area (Å²) in [6, 6.07) is 1.63. The summed E-state index contributed by atoms with van der Waals surface area (Å²) in [6.07, 6.45) is 0. The first kappa shape index (κ1) is 14.2. The number of likely N-dealkylation sites (N-methyl/N-ethyl adjacent to an activating group) is 1. The van der Waals surface area contributed by atoms with Crippen LogP contribution in [0.3, 0.4) is 0 Å². The van der Waals surface area contributed by atoms with Crippen molar-refractivity contribution in [3.63, 3.8) is 0 Å². The van der Waals surface area contributed by atoms with E-state index in [0.29, 0.717) is 30.6 Å². The summed E-state index contributed by atoms with van der Waals surface area (Å²) in [6.45, 7) is 2.95. The summed E-state index contributed by atoms with van der Waals surface area (Å²) in [7, 11) is 3.36. The fourth-order valence-corrected chi connectivity index (χ4v) is 1.41. The van der Waals surface area contributed by atoms with Crippen LogP contribution in [0, 0.1) is 6.92 Å². The standard InChI is InChI=1S/C11H19N5O2/c1-8-14-9(12)6-10(15-8)16(2)7-11(17)13-4-5-18-3/h6H,4-5,7H2,1-3H3,(H,13,17)(H2,12,14,15). The maximum atomic E-state index is 11.6. The van der Waals surface area contributed by atoms with Crippen LogP contribution in [0.1, 0.15) is 5.82 Å². The molecule has 0 fully saturated rings. The number of nitrogens with one attached hydrogen (secondary N) is 1. The molecule has 100 valence electrons. The highest BCUT2D eigenvalue weighted by Gasteiger charge is 2.09. The SMILES string of the molecule is COCCNC(=O)CN(C)c1cc(N)nc(C)n1.